The molecular formula is C13H25N. The summed E-state index contributed by atoms with van der Waals surface area (Å²) in [6.45, 7) is 4.76. The van der Waals surface area contributed by atoms with E-state index in [4.69, 9.17) is 0 Å². The molecule has 82 valence electrons. The summed E-state index contributed by atoms with van der Waals surface area (Å²) in [7, 11) is 0. The predicted octanol–water partition coefficient (Wildman–Crippen LogP) is 3.34. The molecule has 4 atom stereocenters. The van der Waals surface area contributed by atoms with Crippen molar-refractivity contribution in [1.82, 2.24) is 5.32 Å². The second-order valence-electron chi connectivity index (χ2n) is 5.41. The first-order chi connectivity index (χ1) is 6.81. The van der Waals surface area contributed by atoms with E-state index < -0.39 is 0 Å². The van der Waals surface area contributed by atoms with Gasteiger partial charge in [-0.25, -0.2) is 0 Å². The zero-order valence-electron chi connectivity index (χ0n) is 9.76. The summed E-state index contributed by atoms with van der Waals surface area (Å²) in [5.41, 5.74) is 0. The maximum Gasteiger partial charge on any atom is 0.0100 e. The Kier molecular flexibility index (Phi) is 3.48. The second-order valence-corrected chi connectivity index (χ2v) is 5.41. The second kappa shape index (κ2) is 4.65. The van der Waals surface area contributed by atoms with Crippen LogP contribution < -0.4 is 5.32 Å². The summed E-state index contributed by atoms with van der Waals surface area (Å²) >= 11 is 0. The van der Waals surface area contributed by atoms with E-state index in [0.717, 1.165) is 23.9 Å². The first-order valence-corrected chi connectivity index (χ1v) is 6.57. The highest BCUT2D eigenvalue weighted by molar-refractivity contribution is 4.91. The lowest BCUT2D eigenvalue weighted by atomic mass is 9.71. The van der Waals surface area contributed by atoms with Gasteiger partial charge in [0.05, 0.1) is 0 Å². The molecule has 0 amide bonds. The van der Waals surface area contributed by atoms with Crippen molar-refractivity contribution in [2.24, 2.45) is 11.8 Å². The number of hydrogen-bond donors (Lipinski definition) is 1. The minimum atomic E-state index is 0.839. The van der Waals surface area contributed by atoms with Gasteiger partial charge in [-0.2, -0.15) is 0 Å². The minimum absolute atomic E-state index is 0.839. The average molecular weight is 195 g/mol. The Bertz CT molecular complexity index is 178. The van der Waals surface area contributed by atoms with Crippen molar-refractivity contribution in [3.05, 3.63) is 0 Å². The van der Waals surface area contributed by atoms with E-state index in [1.807, 2.05) is 0 Å². The summed E-state index contributed by atoms with van der Waals surface area (Å²) in [5, 5.41) is 3.89. The fourth-order valence-corrected chi connectivity index (χ4v) is 3.53. The van der Waals surface area contributed by atoms with Crippen LogP contribution in [0.2, 0.25) is 0 Å². The highest BCUT2D eigenvalue weighted by Crippen LogP contribution is 2.36. The third-order valence-corrected chi connectivity index (χ3v) is 4.36. The van der Waals surface area contributed by atoms with Crippen molar-refractivity contribution in [3.63, 3.8) is 0 Å². The molecular weight excluding hydrogens is 170 g/mol. The zero-order valence-corrected chi connectivity index (χ0v) is 9.76. The molecule has 1 aliphatic heterocycles. The number of rotatable bonds is 2. The molecule has 1 heterocycles. The van der Waals surface area contributed by atoms with Gasteiger partial charge in [-0.3, -0.25) is 0 Å². The van der Waals surface area contributed by atoms with Crippen LogP contribution in [0.1, 0.15) is 58.8 Å². The van der Waals surface area contributed by atoms with Crippen molar-refractivity contribution in [3.8, 4) is 0 Å². The molecule has 14 heavy (non-hydrogen) atoms. The first-order valence-electron chi connectivity index (χ1n) is 6.57. The van der Waals surface area contributed by atoms with Crippen LogP contribution >= 0.6 is 0 Å². The Morgan fingerprint density at radius 1 is 1.14 bits per heavy atom. The molecule has 0 aromatic carbocycles. The van der Waals surface area contributed by atoms with Crippen LogP contribution in [0.15, 0.2) is 0 Å². The molecule has 0 aromatic rings. The van der Waals surface area contributed by atoms with E-state index in [-0.39, 0.29) is 0 Å². The van der Waals surface area contributed by atoms with Gasteiger partial charge in [-0.1, -0.05) is 33.1 Å². The molecule has 1 nitrogen and oxygen atoms in total. The summed E-state index contributed by atoms with van der Waals surface area (Å²) in [6.07, 6.45) is 10.0. The predicted molar refractivity (Wildman–Crippen MR) is 61.4 cm³/mol. The van der Waals surface area contributed by atoms with Gasteiger partial charge in [0.15, 0.2) is 0 Å². The molecule has 2 fully saturated rings. The molecule has 1 N–H and O–H groups in total. The zero-order chi connectivity index (χ0) is 9.97. The van der Waals surface area contributed by atoms with Crippen LogP contribution in [-0.2, 0) is 0 Å². The Labute approximate surface area is 88.7 Å². The fraction of sp³-hybridized carbons (Fsp3) is 1.00. The van der Waals surface area contributed by atoms with Crippen molar-refractivity contribution in [2.45, 2.75) is 70.9 Å². The van der Waals surface area contributed by atoms with E-state index in [1.54, 1.807) is 0 Å². The highest BCUT2D eigenvalue weighted by atomic mass is 15.0. The van der Waals surface area contributed by atoms with Crippen LogP contribution in [0.5, 0.6) is 0 Å². The summed E-state index contributed by atoms with van der Waals surface area (Å²) < 4.78 is 0. The van der Waals surface area contributed by atoms with Crippen molar-refractivity contribution in [1.29, 1.82) is 0 Å². The van der Waals surface area contributed by atoms with Gasteiger partial charge < -0.3 is 5.32 Å². The molecule has 0 bridgehead atoms. The highest BCUT2D eigenvalue weighted by Gasteiger charge is 2.34. The normalized spacial score (nSPS) is 43.3. The van der Waals surface area contributed by atoms with Crippen molar-refractivity contribution < 1.29 is 0 Å². The Hall–Kier alpha value is -0.0400. The number of hydrogen-bond acceptors (Lipinski definition) is 1. The van der Waals surface area contributed by atoms with Crippen LogP contribution in [0.3, 0.4) is 0 Å². The van der Waals surface area contributed by atoms with Crippen molar-refractivity contribution >= 4 is 0 Å². The molecule has 1 heteroatoms. The Balaban J connectivity index is 1.89. The van der Waals surface area contributed by atoms with Crippen LogP contribution in [-0.4, -0.2) is 12.1 Å². The third-order valence-electron chi connectivity index (χ3n) is 4.36. The average Bonchev–Trinajstić information content (AvgIpc) is 2.18. The largest absolute Gasteiger partial charge is 0.311 e. The molecule has 1 aliphatic carbocycles. The van der Waals surface area contributed by atoms with Crippen LogP contribution in [0.4, 0.5) is 0 Å². The smallest absolute Gasteiger partial charge is 0.0100 e. The number of piperidine rings is 1. The standard InChI is InChI=1S/C13H25N/c1-3-5-11-8-9-12-10(2)6-4-7-13(12)14-11/h10-14H,3-9H2,1-2H3/t10-,11?,12-,13+/m1/s1. The van der Waals surface area contributed by atoms with Crippen LogP contribution in [0.25, 0.3) is 0 Å². The topological polar surface area (TPSA) is 12.0 Å². The maximum absolute atomic E-state index is 3.89. The van der Waals surface area contributed by atoms with E-state index in [1.165, 1.54) is 44.9 Å². The molecule has 1 saturated heterocycles. The Morgan fingerprint density at radius 2 is 2.00 bits per heavy atom. The maximum atomic E-state index is 3.89. The lowest BCUT2D eigenvalue weighted by molar-refractivity contribution is 0.122. The molecule has 0 radical (unpaired) electrons. The minimum Gasteiger partial charge on any atom is -0.311 e. The van der Waals surface area contributed by atoms with Gasteiger partial charge in [0, 0.05) is 12.1 Å². The molecule has 1 unspecified atom stereocenters. The fourth-order valence-electron chi connectivity index (χ4n) is 3.53. The molecule has 0 aromatic heterocycles. The van der Waals surface area contributed by atoms with Gasteiger partial charge >= 0.3 is 0 Å². The molecule has 2 rings (SSSR count). The van der Waals surface area contributed by atoms with E-state index >= 15 is 0 Å². The van der Waals surface area contributed by atoms with Gasteiger partial charge in [-0.15, -0.1) is 0 Å². The monoisotopic (exact) mass is 195 g/mol. The van der Waals surface area contributed by atoms with E-state index in [2.05, 4.69) is 19.2 Å². The van der Waals surface area contributed by atoms with Gasteiger partial charge in [-0.05, 0) is 37.5 Å². The Morgan fingerprint density at radius 3 is 2.79 bits per heavy atom. The summed E-state index contributed by atoms with van der Waals surface area (Å²) in [6, 6.07) is 1.70. The van der Waals surface area contributed by atoms with Crippen LogP contribution in [0, 0.1) is 11.8 Å². The number of nitrogens with one attached hydrogen (secondary N) is 1. The third kappa shape index (κ3) is 2.13. The number of fused-ring (bicyclic) bond motifs is 1. The quantitative estimate of drug-likeness (QED) is 0.712. The lowest BCUT2D eigenvalue weighted by Crippen LogP contribution is -2.50. The van der Waals surface area contributed by atoms with E-state index in [9.17, 15) is 0 Å². The van der Waals surface area contributed by atoms with Gasteiger partial charge in [0.2, 0.25) is 0 Å². The lowest BCUT2D eigenvalue weighted by Gasteiger charge is -2.44. The molecule has 0 spiro atoms. The SMILES string of the molecule is CCCC1CC[C@@H]2[C@H](C)CCC[C@@H]2N1. The molecule has 1 saturated carbocycles. The van der Waals surface area contributed by atoms with Gasteiger partial charge in [0.1, 0.15) is 0 Å². The van der Waals surface area contributed by atoms with Gasteiger partial charge in [0.25, 0.3) is 0 Å². The molecule has 2 aliphatic rings. The summed E-state index contributed by atoms with van der Waals surface area (Å²) in [5.74, 6) is 1.97. The summed E-state index contributed by atoms with van der Waals surface area (Å²) in [4.78, 5) is 0. The van der Waals surface area contributed by atoms with Crippen molar-refractivity contribution in [2.75, 3.05) is 0 Å². The first kappa shape index (κ1) is 10.5. The van der Waals surface area contributed by atoms with E-state index in [0.29, 0.717) is 0 Å².